The van der Waals surface area contributed by atoms with E-state index >= 15 is 0 Å². The van der Waals surface area contributed by atoms with Gasteiger partial charge in [0, 0.05) is 18.0 Å². The first-order valence-electron chi connectivity index (χ1n) is 13.3. The Morgan fingerprint density at radius 2 is 0.857 bits per heavy atom. The standard InChI is InChI=1S/C25H13F27N2O2/c1-8-5-10(3-4-11(8)53-7-55)12(56)54-9(2)6-13(26,27)14(28,29)15(30,31)16(32,33)17(34,35)18(36,37)19(38,39)20(40,41)21(42,43)22(44,45)23(46,47)24(48,49)25(50,51)52/h3-5,9H,6H2,1-2H3,(H,54,56). The van der Waals surface area contributed by atoms with Gasteiger partial charge >= 0.3 is 77.2 Å². The Kier molecular flexibility index (Phi) is 12.5. The van der Waals surface area contributed by atoms with Crippen molar-refractivity contribution in [2.24, 2.45) is 4.99 Å². The van der Waals surface area contributed by atoms with Crippen LogP contribution in [-0.2, 0) is 4.79 Å². The molecule has 0 aromatic heterocycles. The second kappa shape index (κ2) is 13.9. The Balaban J connectivity index is 3.72. The lowest BCUT2D eigenvalue weighted by Crippen LogP contribution is -2.78. The number of nitrogens with zero attached hydrogens (tertiary/aromatic N) is 1. The second-order valence-electron chi connectivity index (χ2n) is 11.3. The quantitative estimate of drug-likeness (QED) is 0.102. The van der Waals surface area contributed by atoms with Crippen LogP contribution in [0.3, 0.4) is 0 Å². The minimum absolute atomic E-state index is 0.0909. The molecule has 1 rings (SSSR count). The highest BCUT2D eigenvalue weighted by Gasteiger charge is 3.00. The van der Waals surface area contributed by atoms with E-state index in [1.165, 1.54) is 5.32 Å². The Hall–Kier alpha value is -3.82. The number of halogens is 27. The van der Waals surface area contributed by atoms with Crippen molar-refractivity contribution < 1.29 is 128 Å². The third-order valence-corrected chi connectivity index (χ3v) is 7.32. The molecule has 1 amide bonds. The number of benzene rings is 1. The SMILES string of the molecule is Cc1cc(C(=O)NC(C)CC(F)(F)C(F)(F)C(F)(F)C(F)(F)C(F)(F)C(F)(F)C(F)(F)C(F)(F)C(F)(F)C(F)(F)C(F)(F)C(F)(F)C(F)(F)F)ccc1N=C=O. The Labute approximate surface area is 290 Å². The van der Waals surface area contributed by atoms with E-state index in [0.29, 0.717) is 6.07 Å². The fourth-order valence-electron chi connectivity index (χ4n) is 4.02. The van der Waals surface area contributed by atoms with Crippen LogP contribution in [0.1, 0.15) is 29.3 Å². The highest BCUT2D eigenvalue weighted by Crippen LogP contribution is 2.68. The first-order chi connectivity index (χ1) is 24.2. The lowest BCUT2D eigenvalue weighted by molar-refractivity contribution is -0.485. The molecule has 1 unspecified atom stereocenters. The van der Waals surface area contributed by atoms with Gasteiger partial charge in [0.05, 0.1) is 5.69 Å². The van der Waals surface area contributed by atoms with E-state index in [1.807, 2.05) is 0 Å². The zero-order valence-electron chi connectivity index (χ0n) is 26.0. The van der Waals surface area contributed by atoms with Gasteiger partial charge in [-0.1, -0.05) is 0 Å². The van der Waals surface area contributed by atoms with Gasteiger partial charge in [-0.3, -0.25) is 4.79 Å². The zero-order chi connectivity index (χ0) is 45.3. The molecule has 0 fully saturated rings. The minimum Gasteiger partial charge on any atom is -0.349 e. The molecule has 0 radical (unpaired) electrons. The summed E-state index contributed by atoms with van der Waals surface area (Å²) in [6.45, 7) is 1.24. The molecule has 1 aromatic carbocycles. The number of nitrogens with one attached hydrogen (secondary N) is 1. The summed E-state index contributed by atoms with van der Waals surface area (Å²) in [5.41, 5.74) is -0.972. The highest BCUT2D eigenvalue weighted by molar-refractivity contribution is 5.95. The molecular formula is C25H13F27N2O2. The van der Waals surface area contributed by atoms with Crippen LogP contribution < -0.4 is 5.32 Å². The number of amides is 1. The summed E-state index contributed by atoms with van der Waals surface area (Å²) in [6, 6.07) is -0.442. The lowest BCUT2D eigenvalue weighted by atomic mass is 9.83. The summed E-state index contributed by atoms with van der Waals surface area (Å²) in [5, 5.41) is 1.30. The van der Waals surface area contributed by atoms with E-state index in [0.717, 1.165) is 25.1 Å². The van der Waals surface area contributed by atoms with Crippen molar-refractivity contribution in [3.8, 4) is 0 Å². The average Bonchev–Trinajstić information content (AvgIpc) is 2.99. The van der Waals surface area contributed by atoms with Crippen LogP contribution in [0.5, 0.6) is 0 Å². The smallest absolute Gasteiger partial charge is 0.349 e. The number of aliphatic imine (C=N–C) groups is 1. The molecule has 324 valence electrons. The van der Waals surface area contributed by atoms with Crippen molar-refractivity contribution in [2.45, 2.75) is 104 Å². The van der Waals surface area contributed by atoms with Crippen molar-refractivity contribution in [1.82, 2.24) is 5.32 Å². The van der Waals surface area contributed by atoms with Crippen molar-refractivity contribution in [3.05, 3.63) is 29.3 Å². The molecule has 0 bridgehead atoms. The van der Waals surface area contributed by atoms with Crippen molar-refractivity contribution in [1.29, 1.82) is 0 Å². The number of isocyanates is 1. The maximum absolute atomic E-state index is 14.4. The van der Waals surface area contributed by atoms with Gasteiger partial charge in [-0.15, -0.1) is 0 Å². The average molecular weight is 886 g/mol. The summed E-state index contributed by atoms with van der Waals surface area (Å²) in [5.74, 6) is -112. The van der Waals surface area contributed by atoms with Crippen LogP contribution in [0.15, 0.2) is 23.2 Å². The molecule has 0 spiro atoms. The largest absolute Gasteiger partial charge is 0.460 e. The number of carbonyl (C=O) groups is 1. The van der Waals surface area contributed by atoms with E-state index in [9.17, 15) is 128 Å². The minimum atomic E-state index is -9.84. The molecule has 56 heavy (non-hydrogen) atoms. The third-order valence-electron chi connectivity index (χ3n) is 7.32. The lowest BCUT2D eigenvalue weighted by Gasteiger charge is -2.46. The number of hydrogen-bond donors (Lipinski definition) is 1. The van der Waals surface area contributed by atoms with Crippen LogP contribution in [0.2, 0.25) is 0 Å². The topological polar surface area (TPSA) is 58.5 Å². The van der Waals surface area contributed by atoms with Gasteiger partial charge in [-0.2, -0.15) is 124 Å². The number of carbonyl (C=O) groups excluding carboxylic acids is 2. The van der Waals surface area contributed by atoms with Gasteiger partial charge in [-0.25, -0.2) is 4.79 Å². The molecule has 0 aliphatic rings. The van der Waals surface area contributed by atoms with E-state index in [-0.39, 0.29) is 18.2 Å². The summed E-state index contributed by atoms with van der Waals surface area (Å²) in [6.07, 6.45) is -10.4. The second-order valence-corrected chi connectivity index (χ2v) is 11.3. The molecule has 0 aliphatic carbocycles. The van der Waals surface area contributed by atoms with Crippen molar-refractivity contribution >= 4 is 17.7 Å². The molecule has 0 heterocycles. The first kappa shape index (κ1) is 50.2. The predicted molar refractivity (Wildman–Crippen MR) is 126 cm³/mol. The normalized spacial score (nSPS) is 16.0. The summed E-state index contributed by atoms with van der Waals surface area (Å²) < 4.78 is 369. The van der Waals surface area contributed by atoms with Crippen molar-refractivity contribution in [3.63, 3.8) is 0 Å². The third kappa shape index (κ3) is 6.84. The van der Waals surface area contributed by atoms with Gasteiger partial charge in [0.15, 0.2) is 0 Å². The number of hydrogen-bond acceptors (Lipinski definition) is 3. The number of rotatable bonds is 16. The van der Waals surface area contributed by atoms with Gasteiger partial charge in [0.2, 0.25) is 6.08 Å². The zero-order valence-corrected chi connectivity index (χ0v) is 26.0. The van der Waals surface area contributed by atoms with Crippen LogP contribution in [0.25, 0.3) is 0 Å². The maximum atomic E-state index is 14.4. The summed E-state index contributed by atoms with van der Waals surface area (Å²) in [4.78, 5) is 25.6. The van der Waals surface area contributed by atoms with Crippen LogP contribution in [0, 0.1) is 6.92 Å². The first-order valence-corrected chi connectivity index (χ1v) is 13.3. The van der Waals surface area contributed by atoms with Gasteiger partial charge in [0.25, 0.3) is 5.91 Å². The fraction of sp³-hybridized carbons (Fsp3) is 0.680. The molecule has 0 saturated carbocycles. The summed E-state index contributed by atoms with van der Waals surface area (Å²) >= 11 is 0. The monoisotopic (exact) mass is 886 g/mol. The molecule has 1 aromatic rings. The Morgan fingerprint density at radius 3 is 1.14 bits per heavy atom. The number of aryl methyl sites for hydroxylation is 1. The summed E-state index contributed by atoms with van der Waals surface area (Å²) in [7, 11) is 0. The molecule has 0 saturated heterocycles. The highest BCUT2D eigenvalue weighted by atomic mass is 19.4. The van der Waals surface area contributed by atoms with Crippen LogP contribution in [-0.4, -0.2) is 95.3 Å². The fourth-order valence-corrected chi connectivity index (χ4v) is 4.02. The van der Waals surface area contributed by atoms with Gasteiger partial charge < -0.3 is 5.32 Å². The number of alkyl halides is 27. The van der Waals surface area contributed by atoms with E-state index in [1.54, 1.807) is 0 Å². The van der Waals surface area contributed by atoms with Gasteiger partial charge in [0.1, 0.15) is 0 Å². The van der Waals surface area contributed by atoms with Crippen LogP contribution >= 0.6 is 0 Å². The molecule has 4 nitrogen and oxygen atoms in total. The van der Waals surface area contributed by atoms with E-state index in [4.69, 9.17) is 0 Å². The molecular weight excluding hydrogens is 873 g/mol. The van der Waals surface area contributed by atoms with Crippen molar-refractivity contribution in [2.75, 3.05) is 0 Å². The molecule has 0 aliphatic heterocycles. The molecule has 1 atom stereocenters. The Morgan fingerprint density at radius 1 is 0.554 bits per heavy atom. The predicted octanol–water partition coefficient (Wildman–Crippen LogP) is 10.7. The Bertz CT molecular complexity index is 1670. The van der Waals surface area contributed by atoms with Crippen LogP contribution in [0.4, 0.5) is 124 Å². The maximum Gasteiger partial charge on any atom is 0.460 e. The molecule has 1 N–H and O–H groups in total. The van der Waals surface area contributed by atoms with E-state index in [2.05, 4.69) is 4.99 Å². The van der Waals surface area contributed by atoms with Gasteiger partial charge in [-0.05, 0) is 37.6 Å². The van der Waals surface area contributed by atoms with E-state index < -0.39 is 101 Å². The molecule has 31 heteroatoms.